The molecule has 6 aromatic carbocycles. The molecule has 0 spiro atoms. The van der Waals surface area contributed by atoms with E-state index in [0.29, 0.717) is 28.4 Å². The molecule has 0 atom stereocenters. The minimum absolute atomic E-state index is 0. The molecule has 0 saturated carbocycles. The second-order valence-corrected chi connectivity index (χ2v) is 15.6. The van der Waals surface area contributed by atoms with E-state index in [1.165, 1.54) is 84.9 Å². The Kier molecular flexibility index (Phi) is 12.8. The van der Waals surface area contributed by atoms with Gasteiger partial charge < -0.3 is 10.8 Å². The third-order valence-electron chi connectivity index (χ3n) is 7.58. The molecular formula is C34H25N9NaO10S3+. The standard InChI is InChI=1S/C34H25N9O10S3.Na/c35-30-18-17-28-29(32(30)42-40-22-5-1-20(2-6-22)36-38-24-9-13-26(14-10-24)54(45,46)47)19-31(56(51,52)53)33(34(28)44)43-41-23-7-3-21(4-8-23)37-39-25-11-15-27(16-12-25)55(48,49)50;/h1-19,44H,35H2,(H,45,46,47)(H,48,49,50)(H,51,52,53);/q;+1. The number of phenolic OH excluding ortho intramolecular Hbond substituents is 1. The topological polar surface area (TPSA) is 308 Å². The summed E-state index contributed by atoms with van der Waals surface area (Å²) in [6.45, 7) is 0. The number of hydrogen-bond acceptors (Lipinski definition) is 16. The van der Waals surface area contributed by atoms with Gasteiger partial charge in [0.05, 0.1) is 49.6 Å². The zero-order valence-electron chi connectivity index (χ0n) is 29.1. The Balaban J connectivity index is 0.00000620. The van der Waals surface area contributed by atoms with Gasteiger partial charge in [0, 0.05) is 10.8 Å². The fraction of sp³-hybridized carbons (Fsp3) is 0. The molecule has 19 nitrogen and oxygen atoms in total. The Hall–Kier alpha value is -5.69. The molecule has 0 unspecified atom stereocenters. The predicted molar refractivity (Wildman–Crippen MR) is 202 cm³/mol. The molecule has 0 aliphatic carbocycles. The fourth-order valence-corrected chi connectivity index (χ4v) is 6.42. The van der Waals surface area contributed by atoms with Crippen LogP contribution in [0.4, 0.5) is 51.2 Å². The van der Waals surface area contributed by atoms with E-state index in [2.05, 4.69) is 40.9 Å². The maximum atomic E-state index is 12.5. The number of azo groups is 4. The van der Waals surface area contributed by atoms with Crippen LogP contribution in [0.15, 0.2) is 171 Å². The van der Waals surface area contributed by atoms with Gasteiger partial charge in [-0.25, -0.2) is 0 Å². The Morgan fingerprint density at radius 2 is 0.719 bits per heavy atom. The largest absolute Gasteiger partial charge is 1.00 e. The first-order valence-electron chi connectivity index (χ1n) is 15.5. The van der Waals surface area contributed by atoms with Crippen LogP contribution in [0.5, 0.6) is 5.75 Å². The van der Waals surface area contributed by atoms with Gasteiger partial charge in [0.2, 0.25) is 0 Å². The molecule has 284 valence electrons. The molecule has 23 heteroatoms. The van der Waals surface area contributed by atoms with Gasteiger partial charge in [-0.05, 0) is 115 Å². The molecule has 0 heterocycles. The summed E-state index contributed by atoms with van der Waals surface area (Å²) in [5, 5.41) is 43.6. The number of benzene rings is 6. The molecule has 6 rings (SSSR count). The summed E-state index contributed by atoms with van der Waals surface area (Å²) < 4.78 is 98.2. The van der Waals surface area contributed by atoms with Gasteiger partial charge in [-0.3, -0.25) is 13.7 Å². The van der Waals surface area contributed by atoms with Crippen LogP contribution in [-0.4, -0.2) is 44.0 Å². The Morgan fingerprint density at radius 1 is 0.404 bits per heavy atom. The van der Waals surface area contributed by atoms with Gasteiger partial charge in [0.15, 0.2) is 5.75 Å². The summed E-state index contributed by atoms with van der Waals surface area (Å²) in [7, 11) is -13.7. The second-order valence-electron chi connectivity index (χ2n) is 11.4. The van der Waals surface area contributed by atoms with Crippen molar-refractivity contribution in [3.05, 3.63) is 115 Å². The Labute approximate surface area is 346 Å². The van der Waals surface area contributed by atoms with Crippen LogP contribution in [0.25, 0.3) is 10.8 Å². The number of nitrogens with two attached hydrogens (primary N) is 1. The van der Waals surface area contributed by atoms with E-state index in [1.807, 2.05) is 0 Å². The van der Waals surface area contributed by atoms with Gasteiger partial charge in [0.1, 0.15) is 16.3 Å². The van der Waals surface area contributed by atoms with Crippen molar-refractivity contribution in [1.82, 2.24) is 0 Å². The monoisotopic (exact) mass is 838 g/mol. The fourth-order valence-electron chi connectivity index (χ4n) is 4.81. The molecular weight excluding hydrogens is 814 g/mol. The van der Waals surface area contributed by atoms with E-state index < -0.39 is 46.7 Å². The first kappa shape index (κ1) is 42.5. The Bertz CT molecular complexity index is 2930. The van der Waals surface area contributed by atoms with Crippen molar-refractivity contribution in [2.24, 2.45) is 40.9 Å². The molecule has 0 aliphatic heterocycles. The van der Waals surface area contributed by atoms with Crippen LogP contribution in [0.2, 0.25) is 0 Å². The van der Waals surface area contributed by atoms with Crippen molar-refractivity contribution >= 4 is 92.3 Å². The van der Waals surface area contributed by atoms with Crippen LogP contribution in [0.3, 0.4) is 0 Å². The molecule has 6 aromatic rings. The molecule has 6 N–H and O–H groups in total. The first-order valence-corrected chi connectivity index (χ1v) is 19.9. The molecule has 0 fully saturated rings. The van der Waals surface area contributed by atoms with Crippen molar-refractivity contribution in [3.63, 3.8) is 0 Å². The number of hydrogen-bond donors (Lipinski definition) is 5. The first-order chi connectivity index (χ1) is 26.5. The molecule has 0 bridgehead atoms. The summed E-state index contributed by atoms with van der Waals surface area (Å²) in [4.78, 5) is -1.38. The minimum Gasteiger partial charge on any atom is -0.505 e. The van der Waals surface area contributed by atoms with E-state index in [1.54, 1.807) is 24.3 Å². The summed E-state index contributed by atoms with van der Waals surface area (Å²) in [6.07, 6.45) is 0. The van der Waals surface area contributed by atoms with Crippen molar-refractivity contribution in [1.29, 1.82) is 0 Å². The van der Waals surface area contributed by atoms with Crippen molar-refractivity contribution in [2.45, 2.75) is 14.7 Å². The molecule has 0 aromatic heterocycles. The van der Waals surface area contributed by atoms with Gasteiger partial charge in [-0.1, -0.05) is 0 Å². The molecule has 0 amide bonds. The maximum Gasteiger partial charge on any atom is 1.00 e. The van der Waals surface area contributed by atoms with Gasteiger partial charge in [0.25, 0.3) is 30.4 Å². The van der Waals surface area contributed by atoms with Gasteiger partial charge in [-0.15, -0.1) is 10.2 Å². The van der Waals surface area contributed by atoms with Gasteiger partial charge >= 0.3 is 29.6 Å². The van der Waals surface area contributed by atoms with E-state index in [4.69, 9.17) is 14.8 Å². The van der Waals surface area contributed by atoms with Crippen LogP contribution in [0, 0.1) is 0 Å². The number of anilines is 1. The molecule has 0 aliphatic rings. The zero-order valence-corrected chi connectivity index (χ0v) is 33.5. The number of nitrogen functional groups attached to an aromatic ring is 1. The number of phenols is 1. The molecule has 57 heavy (non-hydrogen) atoms. The summed E-state index contributed by atoms with van der Waals surface area (Å²) in [5.74, 6) is -0.650. The van der Waals surface area contributed by atoms with Crippen LogP contribution in [-0.2, 0) is 30.4 Å². The average Bonchev–Trinajstić information content (AvgIpc) is 3.15. The van der Waals surface area contributed by atoms with Crippen LogP contribution < -0.4 is 35.3 Å². The number of rotatable bonds is 11. The van der Waals surface area contributed by atoms with E-state index in [9.17, 15) is 34.9 Å². The summed E-state index contributed by atoms with van der Waals surface area (Å²) in [5.41, 5.74) is 7.56. The van der Waals surface area contributed by atoms with Gasteiger partial charge in [-0.2, -0.15) is 55.9 Å². The van der Waals surface area contributed by atoms with E-state index in [0.717, 1.165) is 6.07 Å². The second kappa shape index (κ2) is 17.2. The van der Waals surface area contributed by atoms with Crippen LogP contribution >= 0.6 is 0 Å². The summed E-state index contributed by atoms with van der Waals surface area (Å²) in [6, 6.07) is 26.1. The zero-order chi connectivity index (χ0) is 40.3. The third-order valence-corrected chi connectivity index (χ3v) is 10.2. The SMILES string of the molecule is Nc1ccc2c(O)c(N=Nc3ccc(N=Nc4ccc(S(=O)(=O)O)cc4)cc3)c(S(=O)(=O)O)cc2c1N=Nc1ccc(N=Nc2ccc(S(=O)(=O)O)cc2)cc1.[Na+]. The van der Waals surface area contributed by atoms with E-state index >= 15 is 0 Å². The Morgan fingerprint density at radius 3 is 1.05 bits per heavy atom. The third kappa shape index (κ3) is 10.6. The van der Waals surface area contributed by atoms with E-state index in [-0.39, 0.29) is 67.2 Å². The van der Waals surface area contributed by atoms with Crippen molar-refractivity contribution in [2.75, 3.05) is 5.73 Å². The summed E-state index contributed by atoms with van der Waals surface area (Å²) >= 11 is 0. The quantitative estimate of drug-likeness (QED) is 0.0404. The van der Waals surface area contributed by atoms with Crippen LogP contribution in [0.1, 0.15) is 0 Å². The predicted octanol–water partition coefficient (Wildman–Crippen LogP) is 6.53. The maximum absolute atomic E-state index is 12.5. The smallest absolute Gasteiger partial charge is 0.505 e. The van der Waals surface area contributed by atoms with Crippen molar-refractivity contribution < 1.29 is 73.6 Å². The minimum atomic E-state index is -5.00. The number of aromatic hydroxyl groups is 1. The average molecular weight is 839 g/mol. The molecule has 0 radical (unpaired) electrons. The van der Waals surface area contributed by atoms with Crippen molar-refractivity contribution in [3.8, 4) is 5.75 Å². The number of fused-ring (bicyclic) bond motifs is 1. The number of nitrogens with zero attached hydrogens (tertiary/aromatic N) is 8. The molecule has 0 saturated heterocycles. The normalized spacial score (nSPS) is 12.6.